The van der Waals surface area contributed by atoms with Gasteiger partial charge < -0.3 is 9.31 Å². The average molecular weight is 433 g/mol. The predicted octanol–water partition coefficient (Wildman–Crippen LogP) is 5.30. The topological polar surface area (TPSA) is 57.1 Å². The van der Waals surface area contributed by atoms with Crippen LogP contribution in [0.4, 0.5) is 0 Å². The number of nitrogens with zero attached hydrogens (tertiary/aromatic N) is 3. The lowest BCUT2D eigenvalue weighted by Gasteiger charge is -2.32. The number of aromatic nitrogens is 3. The maximum atomic E-state index is 6.13. The molecule has 1 saturated heterocycles. The van der Waals surface area contributed by atoms with Gasteiger partial charge >= 0.3 is 7.12 Å². The minimum Gasteiger partial charge on any atom is -0.398 e. The zero-order valence-electron chi connectivity index (χ0n) is 19.2. The van der Waals surface area contributed by atoms with Gasteiger partial charge in [-0.1, -0.05) is 54.6 Å². The molecule has 0 bridgehead atoms. The summed E-state index contributed by atoms with van der Waals surface area (Å²) in [6.07, 6.45) is 3.51. The molecule has 0 amide bonds. The van der Waals surface area contributed by atoms with Gasteiger partial charge in [-0.05, 0) is 44.5 Å². The van der Waals surface area contributed by atoms with Crippen LogP contribution in [0.5, 0.6) is 0 Å². The van der Waals surface area contributed by atoms with Crippen molar-refractivity contribution >= 4 is 45.2 Å². The van der Waals surface area contributed by atoms with Gasteiger partial charge in [0.05, 0.1) is 34.2 Å². The molecule has 2 aromatic heterocycles. The summed E-state index contributed by atoms with van der Waals surface area (Å²) in [5.74, 6) is 0. The summed E-state index contributed by atoms with van der Waals surface area (Å²) in [6.45, 7) is 8.13. The van der Waals surface area contributed by atoms with E-state index in [0.29, 0.717) is 5.59 Å². The van der Waals surface area contributed by atoms with E-state index in [-0.39, 0.29) is 0 Å². The van der Waals surface area contributed by atoms with Gasteiger partial charge in [-0.15, -0.1) is 0 Å². The Kier molecular flexibility index (Phi) is 4.35. The van der Waals surface area contributed by atoms with Crippen molar-refractivity contribution in [3.63, 3.8) is 0 Å². The molecule has 3 heterocycles. The van der Waals surface area contributed by atoms with Crippen LogP contribution in [0, 0.1) is 0 Å². The highest BCUT2D eigenvalue weighted by atomic mass is 16.7. The van der Waals surface area contributed by atoms with Crippen molar-refractivity contribution < 1.29 is 9.31 Å². The van der Waals surface area contributed by atoms with Crippen molar-refractivity contribution in [3.8, 4) is 11.4 Å². The highest BCUT2D eigenvalue weighted by molar-refractivity contribution is 6.61. The second-order valence-electron chi connectivity index (χ2n) is 9.60. The van der Waals surface area contributed by atoms with E-state index in [9.17, 15) is 0 Å². The van der Waals surface area contributed by atoms with Crippen molar-refractivity contribution in [1.29, 1.82) is 0 Å². The lowest BCUT2D eigenvalue weighted by molar-refractivity contribution is 0.00578. The Labute approximate surface area is 192 Å². The molecule has 3 aromatic carbocycles. The number of para-hydroxylation sites is 1. The Balaban J connectivity index is 1.51. The second-order valence-corrected chi connectivity index (χ2v) is 9.60. The number of benzene rings is 3. The van der Waals surface area contributed by atoms with E-state index in [1.807, 2.05) is 39.8 Å². The van der Waals surface area contributed by atoms with E-state index >= 15 is 0 Å². The van der Waals surface area contributed by atoms with Crippen LogP contribution in [0.2, 0.25) is 0 Å². The van der Waals surface area contributed by atoms with Gasteiger partial charge in [0.1, 0.15) is 5.69 Å². The molecular weight excluding hydrogens is 409 g/mol. The third-order valence-corrected chi connectivity index (χ3v) is 7.00. The highest BCUT2D eigenvalue weighted by Crippen LogP contribution is 2.37. The van der Waals surface area contributed by atoms with E-state index in [1.165, 1.54) is 16.2 Å². The van der Waals surface area contributed by atoms with Crippen molar-refractivity contribution in [1.82, 2.24) is 15.0 Å². The molecule has 0 aliphatic carbocycles. The van der Waals surface area contributed by atoms with E-state index in [0.717, 1.165) is 27.7 Å². The smallest absolute Gasteiger partial charge is 0.398 e. The minimum atomic E-state index is -0.540. The van der Waals surface area contributed by atoms with Gasteiger partial charge in [0, 0.05) is 22.4 Å². The normalized spacial score (nSPS) is 17.3. The first-order chi connectivity index (χ1) is 15.8. The van der Waals surface area contributed by atoms with Crippen molar-refractivity contribution in [2.75, 3.05) is 0 Å². The Morgan fingerprint density at radius 2 is 1.39 bits per heavy atom. The van der Waals surface area contributed by atoms with Crippen LogP contribution in [0.15, 0.2) is 73.1 Å². The van der Waals surface area contributed by atoms with Crippen LogP contribution in [0.3, 0.4) is 0 Å². The molecule has 0 spiro atoms. The van der Waals surface area contributed by atoms with Crippen LogP contribution in [-0.2, 0) is 9.31 Å². The summed E-state index contributed by atoms with van der Waals surface area (Å²) in [4.78, 5) is 14.4. The molecule has 1 aliphatic rings. The number of pyridine rings is 1. The Hall–Kier alpha value is -3.35. The summed E-state index contributed by atoms with van der Waals surface area (Å²) in [5, 5.41) is 5.79. The lowest BCUT2D eigenvalue weighted by atomic mass is 9.85. The molecule has 0 unspecified atom stereocenters. The molecule has 0 saturated carbocycles. The zero-order valence-corrected chi connectivity index (χ0v) is 19.2. The average Bonchev–Trinajstić information content (AvgIpc) is 3.05. The molecule has 5 nitrogen and oxygen atoms in total. The van der Waals surface area contributed by atoms with Crippen LogP contribution < -0.4 is 5.59 Å². The molecule has 6 rings (SSSR count). The molecule has 1 fully saturated rings. The lowest BCUT2D eigenvalue weighted by Crippen LogP contribution is -2.41. The van der Waals surface area contributed by atoms with Gasteiger partial charge in [0.2, 0.25) is 0 Å². The maximum Gasteiger partial charge on any atom is 0.516 e. The predicted molar refractivity (Wildman–Crippen MR) is 133 cm³/mol. The van der Waals surface area contributed by atoms with Crippen molar-refractivity contribution in [2.45, 2.75) is 38.9 Å². The SMILES string of the molecule is CC1(C)OB(c2cnc(-c3nc4ccccc4c4c3ccc3ccccc34)cn2)OC1(C)C. The van der Waals surface area contributed by atoms with Gasteiger partial charge in [-0.25, -0.2) is 4.98 Å². The number of hydrogen-bond donors (Lipinski definition) is 0. The fraction of sp³-hybridized carbons (Fsp3) is 0.222. The van der Waals surface area contributed by atoms with Crippen LogP contribution in [0.1, 0.15) is 27.7 Å². The number of fused-ring (bicyclic) bond motifs is 5. The monoisotopic (exact) mass is 433 g/mol. The van der Waals surface area contributed by atoms with E-state index < -0.39 is 18.3 Å². The molecular formula is C27H24BN3O2. The molecule has 1 aliphatic heterocycles. The summed E-state index contributed by atoms with van der Waals surface area (Å²) < 4.78 is 12.3. The van der Waals surface area contributed by atoms with E-state index in [1.54, 1.807) is 12.4 Å². The van der Waals surface area contributed by atoms with Crippen LogP contribution >= 0.6 is 0 Å². The Morgan fingerprint density at radius 1 is 0.697 bits per heavy atom. The van der Waals surface area contributed by atoms with Crippen LogP contribution in [-0.4, -0.2) is 33.3 Å². The zero-order chi connectivity index (χ0) is 22.8. The van der Waals surface area contributed by atoms with Crippen molar-refractivity contribution in [3.05, 3.63) is 73.1 Å². The molecule has 0 radical (unpaired) electrons. The first kappa shape index (κ1) is 20.3. The van der Waals surface area contributed by atoms with Crippen LogP contribution in [0.25, 0.3) is 43.8 Å². The fourth-order valence-corrected chi connectivity index (χ4v) is 4.46. The molecule has 0 atom stereocenters. The highest BCUT2D eigenvalue weighted by Gasteiger charge is 2.52. The second kappa shape index (κ2) is 7.08. The first-order valence-electron chi connectivity index (χ1n) is 11.2. The van der Waals surface area contributed by atoms with Crippen molar-refractivity contribution in [2.24, 2.45) is 0 Å². The number of hydrogen-bond acceptors (Lipinski definition) is 5. The van der Waals surface area contributed by atoms with Gasteiger partial charge in [-0.2, -0.15) is 0 Å². The first-order valence-corrected chi connectivity index (χ1v) is 11.2. The summed E-state index contributed by atoms with van der Waals surface area (Å²) in [5.41, 5.74) is 2.30. The Bertz CT molecular complexity index is 1500. The molecule has 162 valence electrons. The quantitative estimate of drug-likeness (QED) is 0.280. The Morgan fingerprint density at radius 3 is 2.12 bits per heavy atom. The molecule has 33 heavy (non-hydrogen) atoms. The van der Waals surface area contributed by atoms with Gasteiger partial charge in [0.25, 0.3) is 0 Å². The third-order valence-electron chi connectivity index (χ3n) is 7.00. The summed E-state index contributed by atoms with van der Waals surface area (Å²) >= 11 is 0. The largest absolute Gasteiger partial charge is 0.516 e. The van der Waals surface area contributed by atoms with E-state index in [4.69, 9.17) is 19.3 Å². The summed E-state index contributed by atoms with van der Waals surface area (Å²) in [6, 6.07) is 21.0. The van der Waals surface area contributed by atoms with Gasteiger partial charge in [0.15, 0.2) is 0 Å². The third kappa shape index (κ3) is 3.13. The molecule has 0 N–H and O–H groups in total. The maximum absolute atomic E-state index is 6.13. The minimum absolute atomic E-state index is 0.421. The fourth-order valence-electron chi connectivity index (χ4n) is 4.46. The molecule has 5 aromatic rings. The summed E-state index contributed by atoms with van der Waals surface area (Å²) in [7, 11) is -0.540. The van der Waals surface area contributed by atoms with Gasteiger partial charge in [-0.3, -0.25) is 9.97 Å². The molecule has 6 heteroatoms. The standard InChI is InChI=1S/C27H24BN3O2/c1-26(2)27(3,4)33-28(32-26)23-16-29-22(15-30-23)25-20-14-13-17-9-5-6-10-18(17)24(20)19-11-7-8-12-21(19)31-25/h5-16H,1-4H3. The number of rotatable bonds is 2. The van der Waals surface area contributed by atoms with E-state index in [2.05, 4.69) is 53.5 Å².